The van der Waals surface area contributed by atoms with E-state index in [1.165, 1.54) is 13.0 Å². The molecule has 1 aromatic carbocycles. The molecule has 0 atom stereocenters. The molecule has 78 valence electrons. The van der Waals surface area contributed by atoms with Crippen LogP contribution in [0.5, 0.6) is 0 Å². The number of aryl methyl sites for hydroxylation is 1. The second-order valence-electron chi connectivity index (χ2n) is 3.33. The van der Waals surface area contributed by atoms with Crippen LogP contribution < -0.4 is 0 Å². The SMILES string of the molecule is CC(=O)C(=Cc1cccc(C)c1)C(=O)O. The van der Waals surface area contributed by atoms with Crippen LogP contribution in [-0.2, 0) is 9.59 Å². The van der Waals surface area contributed by atoms with Gasteiger partial charge in [0.1, 0.15) is 5.57 Å². The average molecular weight is 204 g/mol. The highest BCUT2D eigenvalue weighted by Gasteiger charge is 2.12. The number of carboxylic acids is 1. The third-order valence-electron chi connectivity index (χ3n) is 1.96. The summed E-state index contributed by atoms with van der Waals surface area (Å²) in [5.41, 5.74) is 1.56. The van der Waals surface area contributed by atoms with Gasteiger partial charge in [-0.25, -0.2) is 4.79 Å². The third-order valence-corrected chi connectivity index (χ3v) is 1.96. The molecule has 1 aromatic rings. The highest BCUT2D eigenvalue weighted by atomic mass is 16.4. The zero-order valence-electron chi connectivity index (χ0n) is 8.65. The predicted octanol–water partition coefficient (Wildman–Crippen LogP) is 2.05. The molecule has 0 spiro atoms. The molecule has 0 aliphatic heterocycles. The highest BCUT2D eigenvalue weighted by Crippen LogP contribution is 2.10. The molecular formula is C12H12O3. The third kappa shape index (κ3) is 3.06. The van der Waals surface area contributed by atoms with Gasteiger partial charge in [0.05, 0.1) is 0 Å². The maximum Gasteiger partial charge on any atom is 0.339 e. The van der Waals surface area contributed by atoms with Gasteiger partial charge >= 0.3 is 5.97 Å². The van der Waals surface area contributed by atoms with Gasteiger partial charge in [0, 0.05) is 0 Å². The van der Waals surface area contributed by atoms with Crippen molar-refractivity contribution in [2.75, 3.05) is 0 Å². The monoisotopic (exact) mass is 204 g/mol. The maximum absolute atomic E-state index is 11.0. The number of carbonyl (C=O) groups is 2. The molecule has 1 rings (SSSR count). The average Bonchev–Trinajstić information content (AvgIpc) is 2.13. The Balaban J connectivity index is 3.13. The molecule has 0 heterocycles. The molecule has 0 fully saturated rings. The first kappa shape index (κ1) is 11.2. The zero-order chi connectivity index (χ0) is 11.4. The van der Waals surface area contributed by atoms with Gasteiger partial charge in [0.15, 0.2) is 5.78 Å². The van der Waals surface area contributed by atoms with Crippen LogP contribution in [0.15, 0.2) is 29.8 Å². The normalized spacial score (nSPS) is 11.2. The fraction of sp³-hybridized carbons (Fsp3) is 0.167. The van der Waals surface area contributed by atoms with Crippen LogP contribution in [0.3, 0.4) is 0 Å². The summed E-state index contributed by atoms with van der Waals surface area (Å²) in [5, 5.41) is 8.79. The minimum Gasteiger partial charge on any atom is -0.478 e. The van der Waals surface area contributed by atoms with Crippen LogP contribution >= 0.6 is 0 Å². The fourth-order valence-corrected chi connectivity index (χ4v) is 1.24. The summed E-state index contributed by atoms with van der Waals surface area (Å²) in [4.78, 5) is 21.8. The van der Waals surface area contributed by atoms with Gasteiger partial charge in [-0.15, -0.1) is 0 Å². The number of ketones is 1. The van der Waals surface area contributed by atoms with Crippen molar-refractivity contribution in [3.63, 3.8) is 0 Å². The number of rotatable bonds is 3. The molecule has 1 N–H and O–H groups in total. The van der Waals surface area contributed by atoms with Crippen molar-refractivity contribution in [3.05, 3.63) is 41.0 Å². The van der Waals surface area contributed by atoms with Gasteiger partial charge in [0.25, 0.3) is 0 Å². The lowest BCUT2D eigenvalue weighted by Gasteiger charge is -1.99. The van der Waals surface area contributed by atoms with Gasteiger partial charge < -0.3 is 5.11 Å². The Morgan fingerprint density at radius 3 is 2.47 bits per heavy atom. The second kappa shape index (κ2) is 4.55. The summed E-state index contributed by atoms with van der Waals surface area (Å²) in [6, 6.07) is 7.32. The molecule has 3 heteroatoms. The van der Waals surface area contributed by atoms with Gasteiger partial charge in [-0.1, -0.05) is 29.8 Å². The Morgan fingerprint density at radius 1 is 1.33 bits per heavy atom. The van der Waals surface area contributed by atoms with Crippen molar-refractivity contribution < 1.29 is 14.7 Å². The standard InChI is InChI=1S/C12H12O3/c1-8-4-3-5-10(6-8)7-11(9(2)13)12(14)15/h3-7H,1-2H3,(H,14,15). The largest absolute Gasteiger partial charge is 0.478 e. The first-order valence-corrected chi connectivity index (χ1v) is 4.53. The van der Waals surface area contributed by atoms with Crippen LogP contribution in [-0.4, -0.2) is 16.9 Å². The zero-order valence-corrected chi connectivity index (χ0v) is 8.65. The summed E-state index contributed by atoms with van der Waals surface area (Å²) >= 11 is 0. The molecule has 0 aromatic heterocycles. The first-order chi connectivity index (χ1) is 7.00. The molecule has 15 heavy (non-hydrogen) atoms. The number of carboxylic acid groups (broad SMARTS) is 1. The van der Waals surface area contributed by atoms with Crippen LogP contribution in [0.4, 0.5) is 0 Å². The highest BCUT2D eigenvalue weighted by molar-refractivity contribution is 6.19. The maximum atomic E-state index is 11.0. The lowest BCUT2D eigenvalue weighted by molar-refractivity contribution is -0.134. The summed E-state index contributed by atoms with van der Waals surface area (Å²) < 4.78 is 0. The van der Waals surface area contributed by atoms with E-state index in [1.807, 2.05) is 25.1 Å². The predicted molar refractivity (Wildman–Crippen MR) is 57.5 cm³/mol. The Bertz CT molecular complexity index is 414. The van der Waals surface area contributed by atoms with E-state index in [9.17, 15) is 9.59 Å². The number of hydrogen-bond donors (Lipinski definition) is 1. The number of aliphatic carboxylic acids is 1. The van der Waals surface area contributed by atoms with Gasteiger partial charge in [-0.2, -0.15) is 0 Å². The van der Waals surface area contributed by atoms with E-state index in [2.05, 4.69) is 0 Å². The Kier molecular flexibility index (Phi) is 3.39. The van der Waals surface area contributed by atoms with Crippen LogP contribution in [0.2, 0.25) is 0 Å². The minimum atomic E-state index is -1.19. The Morgan fingerprint density at radius 2 is 2.00 bits per heavy atom. The van der Waals surface area contributed by atoms with Gasteiger partial charge in [-0.3, -0.25) is 4.79 Å². The van der Waals surface area contributed by atoms with E-state index >= 15 is 0 Å². The van der Waals surface area contributed by atoms with E-state index in [4.69, 9.17) is 5.11 Å². The van der Waals surface area contributed by atoms with Gasteiger partial charge in [-0.05, 0) is 25.5 Å². The number of benzene rings is 1. The van der Waals surface area contributed by atoms with Crippen LogP contribution in [0.25, 0.3) is 6.08 Å². The van der Waals surface area contributed by atoms with Crippen LogP contribution in [0.1, 0.15) is 18.1 Å². The molecule has 0 saturated carbocycles. The molecular weight excluding hydrogens is 192 g/mol. The smallest absolute Gasteiger partial charge is 0.339 e. The van der Waals surface area contributed by atoms with Crippen molar-refractivity contribution in [1.29, 1.82) is 0 Å². The topological polar surface area (TPSA) is 54.4 Å². The van der Waals surface area contributed by atoms with Crippen molar-refractivity contribution in [1.82, 2.24) is 0 Å². The van der Waals surface area contributed by atoms with E-state index in [1.54, 1.807) is 6.07 Å². The van der Waals surface area contributed by atoms with Crippen molar-refractivity contribution >= 4 is 17.8 Å². The first-order valence-electron chi connectivity index (χ1n) is 4.53. The summed E-state index contributed by atoms with van der Waals surface area (Å²) in [7, 11) is 0. The molecule has 0 aliphatic carbocycles. The summed E-state index contributed by atoms with van der Waals surface area (Å²) in [6.07, 6.45) is 1.39. The molecule has 0 bridgehead atoms. The lowest BCUT2D eigenvalue weighted by atomic mass is 10.1. The fourth-order valence-electron chi connectivity index (χ4n) is 1.24. The van der Waals surface area contributed by atoms with Crippen molar-refractivity contribution in [2.45, 2.75) is 13.8 Å². The van der Waals surface area contributed by atoms with Gasteiger partial charge in [0.2, 0.25) is 0 Å². The Labute approximate surface area is 88.0 Å². The van der Waals surface area contributed by atoms with E-state index < -0.39 is 11.8 Å². The quantitative estimate of drug-likeness (QED) is 0.465. The second-order valence-corrected chi connectivity index (χ2v) is 3.33. The summed E-state index contributed by atoms with van der Waals surface area (Å²) in [5.74, 6) is -1.63. The van der Waals surface area contributed by atoms with Crippen molar-refractivity contribution in [3.8, 4) is 0 Å². The number of hydrogen-bond acceptors (Lipinski definition) is 2. The Hall–Kier alpha value is -1.90. The molecule has 0 radical (unpaired) electrons. The minimum absolute atomic E-state index is 0.194. The molecule has 0 aliphatic rings. The lowest BCUT2D eigenvalue weighted by Crippen LogP contribution is -2.08. The van der Waals surface area contributed by atoms with E-state index in [0.717, 1.165) is 11.1 Å². The molecule has 3 nitrogen and oxygen atoms in total. The molecule has 0 saturated heterocycles. The van der Waals surface area contributed by atoms with E-state index in [-0.39, 0.29) is 5.57 Å². The molecule has 0 amide bonds. The summed E-state index contributed by atoms with van der Waals surface area (Å²) in [6.45, 7) is 3.15. The number of Topliss-reactive ketones (excluding diaryl/α,β-unsaturated/α-hetero) is 1. The van der Waals surface area contributed by atoms with E-state index in [0.29, 0.717) is 0 Å². The number of carbonyl (C=O) groups excluding carboxylic acids is 1. The van der Waals surface area contributed by atoms with Crippen molar-refractivity contribution in [2.24, 2.45) is 0 Å². The van der Waals surface area contributed by atoms with Crippen LogP contribution in [0, 0.1) is 6.92 Å². The molecule has 0 unspecified atom stereocenters.